The van der Waals surface area contributed by atoms with Crippen LogP contribution >= 0.6 is 0 Å². The van der Waals surface area contributed by atoms with Gasteiger partial charge in [0.2, 0.25) is 0 Å². The number of nitrogens with zero attached hydrogens (tertiary/aromatic N) is 1. The van der Waals surface area contributed by atoms with Crippen LogP contribution in [-0.2, 0) is 6.54 Å². The summed E-state index contributed by atoms with van der Waals surface area (Å²) in [6.45, 7) is 5.94. The van der Waals surface area contributed by atoms with E-state index in [1.165, 1.54) is 5.56 Å². The molecule has 0 saturated heterocycles. The normalized spacial score (nSPS) is 12.2. The van der Waals surface area contributed by atoms with Gasteiger partial charge in [0.1, 0.15) is 0 Å². The lowest BCUT2D eigenvalue weighted by molar-refractivity contribution is 0.174. The highest BCUT2D eigenvalue weighted by molar-refractivity contribution is 5.55. The highest BCUT2D eigenvalue weighted by atomic mass is 16.3. The van der Waals surface area contributed by atoms with Crippen LogP contribution in [0.1, 0.15) is 37.5 Å². The molecular formula is C18H23NO. The number of hydrogen-bond donors (Lipinski definition) is 1. The summed E-state index contributed by atoms with van der Waals surface area (Å²) in [7, 11) is 0. The third-order valence-corrected chi connectivity index (χ3v) is 3.62. The molecule has 106 valence electrons. The van der Waals surface area contributed by atoms with Crippen LogP contribution < -0.4 is 4.90 Å². The highest BCUT2D eigenvalue weighted by Gasteiger charge is 2.14. The van der Waals surface area contributed by atoms with Gasteiger partial charge >= 0.3 is 0 Å². The summed E-state index contributed by atoms with van der Waals surface area (Å²) in [4.78, 5) is 2.31. The SMILES string of the molecule is CC[C@@H](O)c1ccccc1N(CC)Cc1ccccc1. The number of hydrogen-bond acceptors (Lipinski definition) is 2. The van der Waals surface area contributed by atoms with E-state index in [4.69, 9.17) is 0 Å². The van der Waals surface area contributed by atoms with Gasteiger partial charge < -0.3 is 10.0 Å². The Morgan fingerprint density at radius 1 is 0.950 bits per heavy atom. The highest BCUT2D eigenvalue weighted by Crippen LogP contribution is 2.29. The number of aliphatic hydroxyl groups excluding tert-OH is 1. The molecule has 0 heterocycles. The van der Waals surface area contributed by atoms with Gasteiger partial charge in [-0.25, -0.2) is 0 Å². The summed E-state index contributed by atoms with van der Waals surface area (Å²) < 4.78 is 0. The van der Waals surface area contributed by atoms with Crippen LogP contribution in [0.15, 0.2) is 54.6 Å². The molecule has 0 aromatic heterocycles. The van der Waals surface area contributed by atoms with Crippen LogP contribution in [0.4, 0.5) is 5.69 Å². The van der Waals surface area contributed by atoms with E-state index in [0.717, 1.165) is 30.8 Å². The van der Waals surface area contributed by atoms with Gasteiger partial charge in [0, 0.05) is 24.3 Å². The van der Waals surface area contributed by atoms with E-state index >= 15 is 0 Å². The van der Waals surface area contributed by atoms with Crippen LogP contribution in [0, 0.1) is 0 Å². The molecule has 0 aliphatic rings. The van der Waals surface area contributed by atoms with Crippen LogP contribution in [0.2, 0.25) is 0 Å². The monoisotopic (exact) mass is 269 g/mol. The predicted molar refractivity (Wildman–Crippen MR) is 84.9 cm³/mol. The Hall–Kier alpha value is -1.80. The Bertz CT molecular complexity index is 524. The fourth-order valence-electron chi connectivity index (χ4n) is 2.45. The topological polar surface area (TPSA) is 23.5 Å². The fraction of sp³-hybridized carbons (Fsp3) is 0.333. The van der Waals surface area contributed by atoms with Gasteiger partial charge in [-0.2, -0.15) is 0 Å². The molecule has 0 bridgehead atoms. The smallest absolute Gasteiger partial charge is 0.0807 e. The van der Waals surface area contributed by atoms with E-state index < -0.39 is 6.10 Å². The first-order valence-electron chi connectivity index (χ1n) is 7.32. The van der Waals surface area contributed by atoms with Crippen LogP contribution in [-0.4, -0.2) is 11.7 Å². The molecule has 2 rings (SSSR count). The molecule has 2 aromatic carbocycles. The summed E-state index contributed by atoms with van der Waals surface area (Å²) in [5.41, 5.74) is 3.44. The summed E-state index contributed by atoms with van der Waals surface area (Å²) >= 11 is 0. The first kappa shape index (κ1) is 14.6. The molecule has 0 amide bonds. The molecule has 0 aliphatic carbocycles. The molecule has 1 N–H and O–H groups in total. The van der Waals surface area contributed by atoms with E-state index in [1.54, 1.807) is 0 Å². The average Bonchev–Trinajstić information content (AvgIpc) is 2.53. The molecule has 0 radical (unpaired) electrons. The van der Waals surface area contributed by atoms with Crippen molar-refractivity contribution in [2.45, 2.75) is 32.9 Å². The van der Waals surface area contributed by atoms with E-state index in [2.05, 4.69) is 42.2 Å². The Labute approximate surface area is 121 Å². The van der Waals surface area contributed by atoms with Crippen LogP contribution in [0.3, 0.4) is 0 Å². The molecular weight excluding hydrogens is 246 g/mol. The second-order valence-corrected chi connectivity index (χ2v) is 4.98. The second kappa shape index (κ2) is 7.11. The second-order valence-electron chi connectivity index (χ2n) is 4.98. The zero-order valence-corrected chi connectivity index (χ0v) is 12.3. The van der Waals surface area contributed by atoms with Crippen molar-refractivity contribution in [3.63, 3.8) is 0 Å². The largest absolute Gasteiger partial charge is 0.388 e. The van der Waals surface area contributed by atoms with Gasteiger partial charge in [-0.1, -0.05) is 55.5 Å². The van der Waals surface area contributed by atoms with Crippen molar-refractivity contribution >= 4 is 5.69 Å². The first-order chi connectivity index (χ1) is 9.76. The molecule has 0 spiro atoms. The molecule has 2 heteroatoms. The van der Waals surface area contributed by atoms with Gasteiger partial charge in [-0.05, 0) is 25.0 Å². The number of aliphatic hydroxyl groups is 1. The van der Waals surface area contributed by atoms with Crippen molar-refractivity contribution in [3.05, 3.63) is 65.7 Å². The van der Waals surface area contributed by atoms with Gasteiger partial charge in [-0.15, -0.1) is 0 Å². The summed E-state index contributed by atoms with van der Waals surface area (Å²) in [5.74, 6) is 0. The van der Waals surface area contributed by atoms with Crippen molar-refractivity contribution in [1.29, 1.82) is 0 Å². The van der Waals surface area contributed by atoms with E-state index in [0.29, 0.717) is 0 Å². The number of rotatable bonds is 6. The maximum Gasteiger partial charge on any atom is 0.0807 e. The number of anilines is 1. The molecule has 0 unspecified atom stereocenters. The molecule has 1 atom stereocenters. The molecule has 0 fully saturated rings. The lowest BCUT2D eigenvalue weighted by Crippen LogP contribution is -2.23. The molecule has 0 aliphatic heterocycles. The third kappa shape index (κ3) is 3.40. The summed E-state index contributed by atoms with van der Waals surface area (Å²) in [6, 6.07) is 18.6. The molecule has 20 heavy (non-hydrogen) atoms. The summed E-state index contributed by atoms with van der Waals surface area (Å²) in [6.07, 6.45) is 0.343. The van der Waals surface area contributed by atoms with Gasteiger partial charge in [0.25, 0.3) is 0 Å². The van der Waals surface area contributed by atoms with Crippen molar-refractivity contribution in [1.82, 2.24) is 0 Å². The Morgan fingerprint density at radius 2 is 1.60 bits per heavy atom. The van der Waals surface area contributed by atoms with Crippen LogP contribution in [0.5, 0.6) is 0 Å². The van der Waals surface area contributed by atoms with Crippen molar-refractivity contribution in [2.24, 2.45) is 0 Å². The van der Waals surface area contributed by atoms with Gasteiger partial charge in [-0.3, -0.25) is 0 Å². The minimum atomic E-state index is -0.393. The average molecular weight is 269 g/mol. The lowest BCUT2D eigenvalue weighted by Gasteiger charge is -2.27. The Morgan fingerprint density at radius 3 is 2.25 bits per heavy atom. The quantitative estimate of drug-likeness (QED) is 0.851. The van der Waals surface area contributed by atoms with Crippen LogP contribution in [0.25, 0.3) is 0 Å². The minimum Gasteiger partial charge on any atom is -0.388 e. The van der Waals surface area contributed by atoms with Crippen molar-refractivity contribution in [3.8, 4) is 0 Å². The van der Waals surface area contributed by atoms with Gasteiger partial charge in [0.15, 0.2) is 0 Å². The zero-order chi connectivity index (χ0) is 14.4. The standard InChI is InChI=1S/C18H23NO/c1-3-18(20)16-12-8-9-13-17(16)19(4-2)14-15-10-6-5-7-11-15/h5-13,18,20H,3-4,14H2,1-2H3/t18-/m1/s1. The molecule has 0 saturated carbocycles. The van der Waals surface area contributed by atoms with Crippen molar-refractivity contribution in [2.75, 3.05) is 11.4 Å². The molecule has 2 nitrogen and oxygen atoms in total. The zero-order valence-electron chi connectivity index (χ0n) is 12.3. The molecule has 2 aromatic rings. The Kier molecular flexibility index (Phi) is 5.19. The number of para-hydroxylation sites is 1. The maximum atomic E-state index is 10.2. The van der Waals surface area contributed by atoms with E-state index in [-0.39, 0.29) is 0 Å². The van der Waals surface area contributed by atoms with Gasteiger partial charge in [0.05, 0.1) is 6.10 Å². The first-order valence-corrected chi connectivity index (χ1v) is 7.32. The van der Waals surface area contributed by atoms with E-state index in [9.17, 15) is 5.11 Å². The third-order valence-electron chi connectivity index (χ3n) is 3.62. The van der Waals surface area contributed by atoms with Crippen molar-refractivity contribution < 1.29 is 5.11 Å². The summed E-state index contributed by atoms with van der Waals surface area (Å²) in [5, 5.41) is 10.2. The Balaban J connectivity index is 2.28. The predicted octanol–water partition coefficient (Wildman–Crippen LogP) is 4.16. The minimum absolute atomic E-state index is 0.393. The van der Waals surface area contributed by atoms with E-state index in [1.807, 2.05) is 31.2 Å². The lowest BCUT2D eigenvalue weighted by atomic mass is 10.0. The number of benzene rings is 2. The fourth-order valence-corrected chi connectivity index (χ4v) is 2.45. The maximum absolute atomic E-state index is 10.2.